The van der Waals surface area contributed by atoms with E-state index in [0.29, 0.717) is 16.5 Å². The molecule has 0 saturated heterocycles. The Labute approximate surface area is 151 Å². The summed E-state index contributed by atoms with van der Waals surface area (Å²) >= 11 is 1.50. The Morgan fingerprint density at radius 3 is 2.80 bits per heavy atom. The lowest BCUT2D eigenvalue weighted by Gasteiger charge is -2.16. The first-order valence-electron chi connectivity index (χ1n) is 7.91. The van der Waals surface area contributed by atoms with Crippen molar-refractivity contribution in [3.8, 4) is 5.75 Å². The van der Waals surface area contributed by atoms with Crippen LogP contribution in [0.4, 0.5) is 5.69 Å². The molecule has 1 amide bonds. The molecule has 1 aromatic carbocycles. The molecule has 1 atom stereocenters. The minimum atomic E-state index is -3.95. The van der Waals surface area contributed by atoms with E-state index in [1.807, 2.05) is 6.07 Å². The van der Waals surface area contributed by atoms with E-state index in [9.17, 15) is 13.2 Å². The van der Waals surface area contributed by atoms with Crippen molar-refractivity contribution in [1.29, 1.82) is 0 Å². The van der Waals surface area contributed by atoms with Gasteiger partial charge in [0.05, 0.1) is 12.0 Å². The average Bonchev–Trinajstić information content (AvgIpc) is 2.97. The van der Waals surface area contributed by atoms with Gasteiger partial charge < -0.3 is 10.1 Å². The third-order valence-corrected chi connectivity index (χ3v) is 6.45. The molecule has 1 aliphatic carbocycles. The molecular weight excluding hydrogens is 360 g/mol. The van der Waals surface area contributed by atoms with Gasteiger partial charge in [-0.1, -0.05) is 6.92 Å². The van der Waals surface area contributed by atoms with Gasteiger partial charge in [0.1, 0.15) is 10.6 Å². The van der Waals surface area contributed by atoms with Crippen molar-refractivity contribution >= 4 is 33.0 Å². The molecule has 0 aliphatic heterocycles. The van der Waals surface area contributed by atoms with Crippen LogP contribution in [0.15, 0.2) is 29.2 Å². The summed E-state index contributed by atoms with van der Waals surface area (Å²) in [6.07, 6.45) is 3.15. The second-order valence-electron chi connectivity index (χ2n) is 6.27. The number of ether oxygens (including phenoxy) is 1. The van der Waals surface area contributed by atoms with Gasteiger partial charge >= 0.3 is 0 Å². The van der Waals surface area contributed by atoms with Gasteiger partial charge in [0, 0.05) is 10.6 Å². The zero-order valence-corrected chi connectivity index (χ0v) is 15.7. The number of fused-ring (bicyclic) bond motifs is 1. The maximum atomic E-state index is 12.5. The van der Waals surface area contributed by atoms with Crippen LogP contribution >= 0.6 is 11.3 Å². The van der Waals surface area contributed by atoms with Crippen LogP contribution in [-0.4, -0.2) is 21.4 Å². The number of aryl methyl sites for hydroxylation is 1. The lowest BCUT2D eigenvalue weighted by molar-refractivity contribution is 0.103. The van der Waals surface area contributed by atoms with Gasteiger partial charge in [0.25, 0.3) is 5.91 Å². The van der Waals surface area contributed by atoms with Crippen LogP contribution in [0.25, 0.3) is 0 Å². The number of carbonyl (C=O) groups is 1. The highest BCUT2D eigenvalue weighted by atomic mass is 32.2. The van der Waals surface area contributed by atoms with Gasteiger partial charge in [0.2, 0.25) is 10.0 Å². The third-order valence-electron chi connectivity index (χ3n) is 4.28. The van der Waals surface area contributed by atoms with Gasteiger partial charge in [0.15, 0.2) is 0 Å². The molecule has 25 heavy (non-hydrogen) atoms. The van der Waals surface area contributed by atoms with Crippen LogP contribution in [-0.2, 0) is 22.9 Å². The number of anilines is 1. The summed E-state index contributed by atoms with van der Waals surface area (Å²) in [5.41, 5.74) is 1.60. The number of methoxy groups -OCH3 is 1. The molecule has 0 radical (unpaired) electrons. The molecule has 3 N–H and O–H groups in total. The number of hydrogen-bond donors (Lipinski definition) is 2. The zero-order valence-electron chi connectivity index (χ0n) is 14.0. The van der Waals surface area contributed by atoms with E-state index in [-0.39, 0.29) is 16.6 Å². The zero-order chi connectivity index (χ0) is 18.2. The van der Waals surface area contributed by atoms with Crippen molar-refractivity contribution in [1.82, 2.24) is 0 Å². The van der Waals surface area contributed by atoms with Crippen LogP contribution in [0.1, 0.15) is 33.5 Å². The lowest BCUT2D eigenvalue weighted by Crippen LogP contribution is -2.15. The summed E-state index contributed by atoms with van der Waals surface area (Å²) in [7, 11) is -2.59. The Hall–Kier alpha value is -1.90. The fourth-order valence-corrected chi connectivity index (χ4v) is 4.81. The number of nitrogens with one attached hydrogen (secondary N) is 1. The lowest BCUT2D eigenvalue weighted by atomic mass is 9.90. The smallest absolute Gasteiger partial charge is 0.265 e. The first-order valence-corrected chi connectivity index (χ1v) is 10.3. The maximum absolute atomic E-state index is 12.5. The number of hydrogen-bond acceptors (Lipinski definition) is 5. The number of thiophene rings is 1. The minimum Gasteiger partial charge on any atom is -0.495 e. The summed E-state index contributed by atoms with van der Waals surface area (Å²) in [6, 6.07) is 6.30. The van der Waals surface area contributed by atoms with Gasteiger partial charge in [-0.25, -0.2) is 13.6 Å². The van der Waals surface area contributed by atoms with E-state index in [1.165, 1.54) is 41.0 Å². The summed E-state index contributed by atoms with van der Waals surface area (Å²) in [5.74, 6) is 0.524. The molecule has 2 aromatic rings. The minimum absolute atomic E-state index is 0.140. The average molecular weight is 380 g/mol. The highest BCUT2D eigenvalue weighted by Crippen LogP contribution is 2.33. The third kappa shape index (κ3) is 3.86. The molecule has 0 spiro atoms. The highest BCUT2D eigenvalue weighted by Gasteiger charge is 2.21. The van der Waals surface area contributed by atoms with Crippen molar-refractivity contribution in [2.75, 3.05) is 12.4 Å². The van der Waals surface area contributed by atoms with Gasteiger partial charge in [-0.2, -0.15) is 0 Å². The largest absolute Gasteiger partial charge is 0.495 e. The van der Waals surface area contributed by atoms with Gasteiger partial charge in [-0.3, -0.25) is 4.79 Å². The Balaban J connectivity index is 1.84. The predicted octanol–water partition coefficient (Wildman–Crippen LogP) is 2.78. The Morgan fingerprint density at radius 2 is 2.12 bits per heavy atom. The van der Waals surface area contributed by atoms with E-state index < -0.39 is 10.0 Å². The number of rotatable bonds is 4. The summed E-state index contributed by atoms with van der Waals surface area (Å²) in [4.78, 5) is 14.3. The monoisotopic (exact) mass is 380 g/mol. The number of amides is 1. The molecule has 1 heterocycles. The van der Waals surface area contributed by atoms with E-state index in [1.54, 1.807) is 6.07 Å². The SMILES string of the molecule is COc1ccc(NC(=O)c2cc3c(s2)CC[C@H](C)C3)cc1S(N)(=O)=O. The van der Waals surface area contributed by atoms with E-state index >= 15 is 0 Å². The van der Waals surface area contributed by atoms with Crippen LogP contribution in [0.3, 0.4) is 0 Å². The molecule has 0 bridgehead atoms. The standard InChI is InChI=1S/C17H20N2O4S2/c1-10-3-6-14-11(7-10)8-15(24-14)17(20)19-12-4-5-13(23-2)16(9-12)25(18,21)22/h4-5,8-10H,3,6-7H2,1-2H3,(H,19,20)(H2,18,21,22)/t10-/m0/s1. The number of nitrogens with two attached hydrogens (primary N) is 1. The summed E-state index contributed by atoms with van der Waals surface area (Å²) in [6.45, 7) is 2.21. The summed E-state index contributed by atoms with van der Waals surface area (Å²) < 4.78 is 28.4. The van der Waals surface area contributed by atoms with Crippen molar-refractivity contribution in [3.63, 3.8) is 0 Å². The van der Waals surface area contributed by atoms with Crippen LogP contribution in [0.2, 0.25) is 0 Å². The number of sulfonamides is 1. The maximum Gasteiger partial charge on any atom is 0.265 e. The van der Waals surface area contributed by atoms with Crippen molar-refractivity contribution in [3.05, 3.63) is 39.6 Å². The Kier molecular flexibility index (Phi) is 4.86. The number of primary sulfonamides is 1. The second-order valence-corrected chi connectivity index (χ2v) is 8.94. The number of benzene rings is 1. The molecule has 8 heteroatoms. The first-order chi connectivity index (χ1) is 11.8. The van der Waals surface area contributed by atoms with E-state index in [0.717, 1.165) is 19.3 Å². The molecule has 0 fully saturated rings. The molecule has 0 saturated carbocycles. The quantitative estimate of drug-likeness (QED) is 0.852. The first kappa shape index (κ1) is 17.9. The molecule has 1 aromatic heterocycles. The van der Waals surface area contributed by atoms with Gasteiger partial charge in [-0.05, 0) is 55.0 Å². The molecule has 134 valence electrons. The van der Waals surface area contributed by atoms with E-state index in [4.69, 9.17) is 9.88 Å². The van der Waals surface area contributed by atoms with Crippen LogP contribution in [0.5, 0.6) is 5.75 Å². The fraction of sp³-hybridized carbons (Fsp3) is 0.353. The van der Waals surface area contributed by atoms with Crippen LogP contribution in [0, 0.1) is 5.92 Å². The normalized spacial score (nSPS) is 17.0. The van der Waals surface area contributed by atoms with Crippen molar-refractivity contribution < 1.29 is 17.9 Å². The Bertz CT molecular complexity index is 919. The number of carbonyl (C=O) groups excluding carboxylic acids is 1. The second kappa shape index (κ2) is 6.78. The molecule has 3 rings (SSSR count). The van der Waals surface area contributed by atoms with Crippen molar-refractivity contribution in [2.45, 2.75) is 31.1 Å². The fourth-order valence-electron chi connectivity index (χ4n) is 2.99. The van der Waals surface area contributed by atoms with Gasteiger partial charge in [-0.15, -0.1) is 11.3 Å². The van der Waals surface area contributed by atoms with E-state index in [2.05, 4.69) is 12.2 Å². The molecule has 1 aliphatic rings. The van der Waals surface area contributed by atoms with Crippen LogP contribution < -0.4 is 15.2 Å². The topological polar surface area (TPSA) is 98.5 Å². The predicted molar refractivity (Wildman–Crippen MR) is 97.8 cm³/mol. The molecule has 0 unspecified atom stereocenters. The molecular formula is C17H20N2O4S2. The van der Waals surface area contributed by atoms with Crippen molar-refractivity contribution in [2.24, 2.45) is 11.1 Å². The molecule has 6 nitrogen and oxygen atoms in total. The highest BCUT2D eigenvalue weighted by molar-refractivity contribution is 7.89. The summed E-state index contributed by atoms with van der Waals surface area (Å²) in [5, 5.41) is 7.94. The Morgan fingerprint density at radius 1 is 1.36 bits per heavy atom.